The first kappa shape index (κ1) is 20.1. The number of hydrogen-bond donors (Lipinski definition) is 1. The van der Waals surface area contributed by atoms with Crippen LogP contribution in [-0.4, -0.2) is 63.5 Å². The number of halogens is 1. The topological polar surface area (TPSA) is 86.4 Å². The second-order valence-electron chi connectivity index (χ2n) is 6.98. The van der Waals surface area contributed by atoms with Crippen molar-refractivity contribution in [1.82, 2.24) is 19.8 Å². The number of nitrogens with zero attached hydrogens (tertiary/aromatic N) is 3. The van der Waals surface area contributed by atoms with Gasteiger partial charge in [0, 0.05) is 45.0 Å². The van der Waals surface area contributed by atoms with E-state index in [4.69, 9.17) is 11.6 Å². The molecule has 2 amide bonds. The number of rotatable bonds is 3. The van der Waals surface area contributed by atoms with Gasteiger partial charge in [-0.05, 0) is 38.0 Å². The Bertz CT molecular complexity index is 920. The van der Waals surface area contributed by atoms with Gasteiger partial charge in [0.05, 0.1) is 16.3 Å². The summed E-state index contributed by atoms with van der Waals surface area (Å²) in [6.07, 6.45) is 2.12. The summed E-state index contributed by atoms with van der Waals surface area (Å²) >= 11 is 5.83. The minimum atomic E-state index is -0.168. The SMILES string of the molecule is CC(=O)c1[nH]c(C)c(C(=O)N2CCCN(C(=O)c3ccc(Cl)cn3)CC2)c1C. The summed E-state index contributed by atoms with van der Waals surface area (Å²) in [7, 11) is 0. The van der Waals surface area contributed by atoms with Crippen LogP contribution in [0.1, 0.15) is 55.9 Å². The van der Waals surface area contributed by atoms with E-state index in [1.807, 2.05) is 0 Å². The van der Waals surface area contributed by atoms with Crippen LogP contribution >= 0.6 is 11.6 Å². The maximum atomic E-state index is 13.1. The minimum absolute atomic E-state index is 0.0947. The standard InChI is InChI=1S/C20H23ClN4O3/c1-12-17(13(2)23-18(12)14(3)26)20(28)25-8-4-7-24(9-10-25)19(27)16-6-5-15(21)11-22-16/h5-6,11,23H,4,7-10H2,1-3H3. The maximum absolute atomic E-state index is 13.1. The number of Topliss-reactive ketones (excluding diaryl/α,β-unsaturated/α-hetero) is 1. The van der Waals surface area contributed by atoms with E-state index in [0.717, 1.165) is 0 Å². The van der Waals surface area contributed by atoms with Gasteiger partial charge >= 0.3 is 0 Å². The molecule has 7 nitrogen and oxygen atoms in total. The molecule has 0 bridgehead atoms. The van der Waals surface area contributed by atoms with Gasteiger partial charge in [0.1, 0.15) is 5.69 Å². The van der Waals surface area contributed by atoms with E-state index in [0.29, 0.717) is 65.8 Å². The van der Waals surface area contributed by atoms with Crippen molar-refractivity contribution >= 4 is 29.2 Å². The van der Waals surface area contributed by atoms with Crippen molar-refractivity contribution < 1.29 is 14.4 Å². The van der Waals surface area contributed by atoms with Crippen LogP contribution in [0.4, 0.5) is 0 Å². The van der Waals surface area contributed by atoms with Gasteiger partial charge in [-0.1, -0.05) is 11.6 Å². The van der Waals surface area contributed by atoms with Crippen molar-refractivity contribution in [3.63, 3.8) is 0 Å². The zero-order valence-corrected chi connectivity index (χ0v) is 17.0. The number of carbonyl (C=O) groups excluding carboxylic acids is 3. The molecule has 1 saturated heterocycles. The molecule has 3 heterocycles. The van der Waals surface area contributed by atoms with Crippen molar-refractivity contribution in [1.29, 1.82) is 0 Å². The molecule has 8 heteroatoms. The van der Waals surface area contributed by atoms with Gasteiger partial charge in [0.2, 0.25) is 0 Å². The van der Waals surface area contributed by atoms with Crippen LogP contribution < -0.4 is 0 Å². The summed E-state index contributed by atoms with van der Waals surface area (Å²) < 4.78 is 0. The molecule has 3 rings (SSSR count). The Morgan fingerprint density at radius 2 is 1.68 bits per heavy atom. The van der Waals surface area contributed by atoms with Crippen molar-refractivity contribution in [2.45, 2.75) is 27.2 Å². The summed E-state index contributed by atoms with van der Waals surface area (Å²) in [6.45, 7) is 7.02. The molecule has 1 N–H and O–H groups in total. The zero-order chi connectivity index (χ0) is 20.4. The molecule has 28 heavy (non-hydrogen) atoms. The Morgan fingerprint density at radius 3 is 2.21 bits per heavy atom. The summed E-state index contributed by atoms with van der Waals surface area (Å²) in [6, 6.07) is 3.24. The van der Waals surface area contributed by atoms with Gasteiger partial charge in [-0.15, -0.1) is 0 Å². The average molecular weight is 403 g/mol. The lowest BCUT2D eigenvalue weighted by Crippen LogP contribution is -2.37. The monoisotopic (exact) mass is 402 g/mol. The minimum Gasteiger partial charge on any atom is -0.355 e. The van der Waals surface area contributed by atoms with Crippen molar-refractivity contribution in [3.8, 4) is 0 Å². The first-order chi connectivity index (χ1) is 13.3. The van der Waals surface area contributed by atoms with Gasteiger partial charge in [-0.25, -0.2) is 4.98 Å². The van der Waals surface area contributed by atoms with Crippen LogP contribution in [0.2, 0.25) is 5.02 Å². The molecule has 0 spiro atoms. The highest BCUT2D eigenvalue weighted by Crippen LogP contribution is 2.21. The number of carbonyl (C=O) groups is 3. The fourth-order valence-corrected chi connectivity index (χ4v) is 3.68. The van der Waals surface area contributed by atoms with Gasteiger partial charge < -0.3 is 14.8 Å². The summed E-state index contributed by atoms with van der Waals surface area (Å²) in [5, 5.41) is 0.478. The fraction of sp³-hybridized carbons (Fsp3) is 0.400. The summed E-state index contributed by atoms with van der Waals surface area (Å²) in [4.78, 5) is 48.1. The average Bonchev–Trinajstić information content (AvgIpc) is 2.84. The predicted octanol–water partition coefficient (Wildman–Crippen LogP) is 2.87. The quantitative estimate of drug-likeness (QED) is 0.800. The highest BCUT2D eigenvalue weighted by atomic mass is 35.5. The highest BCUT2D eigenvalue weighted by Gasteiger charge is 2.27. The number of aryl methyl sites for hydroxylation is 1. The molecule has 0 atom stereocenters. The number of H-pyrrole nitrogens is 1. The lowest BCUT2D eigenvalue weighted by Gasteiger charge is -2.22. The molecular weight excluding hydrogens is 380 g/mol. The molecule has 2 aromatic heterocycles. The van der Waals surface area contributed by atoms with Gasteiger partial charge in [-0.3, -0.25) is 14.4 Å². The smallest absolute Gasteiger partial charge is 0.272 e. The summed E-state index contributed by atoms with van der Waals surface area (Å²) in [5.41, 5.74) is 2.73. The number of aromatic amines is 1. The van der Waals surface area contributed by atoms with Crippen LogP contribution in [0.5, 0.6) is 0 Å². The number of ketones is 1. The van der Waals surface area contributed by atoms with Gasteiger partial charge in [0.15, 0.2) is 5.78 Å². The molecule has 1 fully saturated rings. The van der Waals surface area contributed by atoms with E-state index >= 15 is 0 Å². The van der Waals surface area contributed by atoms with Crippen molar-refractivity contribution in [2.75, 3.05) is 26.2 Å². The number of hydrogen-bond acceptors (Lipinski definition) is 4. The van der Waals surface area contributed by atoms with Gasteiger partial charge in [-0.2, -0.15) is 0 Å². The number of pyridine rings is 1. The molecule has 0 saturated carbocycles. The van der Waals surface area contributed by atoms with Gasteiger partial charge in [0.25, 0.3) is 11.8 Å². The Labute approximate surface area is 168 Å². The van der Waals surface area contributed by atoms with Crippen LogP contribution in [-0.2, 0) is 0 Å². The highest BCUT2D eigenvalue weighted by molar-refractivity contribution is 6.30. The maximum Gasteiger partial charge on any atom is 0.272 e. The number of nitrogens with one attached hydrogen (secondary N) is 1. The molecule has 1 aliphatic heterocycles. The zero-order valence-electron chi connectivity index (χ0n) is 16.2. The largest absolute Gasteiger partial charge is 0.355 e. The van der Waals surface area contributed by atoms with E-state index in [2.05, 4.69) is 9.97 Å². The fourth-order valence-electron chi connectivity index (χ4n) is 3.57. The lowest BCUT2D eigenvalue weighted by atomic mass is 10.1. The normalized spacial score (nSPS) is 14.7. The predicted molar refractivity (Wildman–Crippen MR) is 106 cm³/mol. The van der Waals surface area contributed by atoms with Crippen LogP contribution in [0.25, 0.3) is 0 Å². The molecule has 1 aliphatic rings. The second kappa shape index (κ2) is 8.14. The Morgan fingerprint density at radius 1 is 1.04 bits per heavy atom. The van der Waals surface area contributed by atoms with E-state index in [-0.39, 0.29) is 17.6 Å². The third-order valence-electron chi connectivity index (χ3n) is 5.02. The second-order valence-corrected chi connectivity index (χ2v) is 7.42. The van der Waals surface area contributed by atoms with Crippen LogP contribution in [0, 0.1) is 13.8 Å². The number of amides is 2. The number of aromatic nitrogens is 2. The molecule has 0 aromatic carbocycles. The van der Waals surface area contributed by atoms with Crippen molar-refractivity contribution in [3.05, 3.63) is 51.6 Å². The Hall–Kier alpha value is -2.67. The van der Waals surface area contributed by atoms with Crippen LogP contribution in [0.15, 0.2) is 18.3 Å². The molecule has 0 unspecified atom stereocenters. The molecule has 148 valence electrons. The molecule has 0 aliphatic carbocycles. The lowest BCUT2D eigenvalue weighted by molar-refractivity contribution is 0.0715. The molecule has 0 radical (unpaired) electrons. The molecular formula is C20H23ClN4O3. The third kappa shape index (κ3) is 3.94. The van der Waals surface area contributed by atoms with Crippen molar-refractivity contribution in [2.24, 2.45) is 0 Å². The van der Waals surface area contributed by atoms with E-state index < -0.39 is 0 Å². The van der Waals surface area contributed by atoms with E-state index in [9.17, 15) is 14.4 Å². The Kier molecular flexibility index (Phi) is 5.84. The third-order valence-corrected chi connectivity index (χ3v) is 5.24. The first-order valence-corrected chi connectivity index (χ1v) is 9.57. The molecule has 2 aromatic rings. The Balaban J connectivity index is 1.73. The van der Waals surface area contributed by atoms with Crippen LogP contribution in [0.3, 0.4) is 0 Å². The van der Waals surface area contributed by atoms with E-state index in [1.165, 1.54) is 13.1 Å². The first-order valence-electron chi connectivity index (χ1n) is 9.19. The summed E-state index contributed by atoms with van der Waals surface area (Å²) in [5.74, 6) is -0.376. The van der Waals surface area contributed by atoms with E-state index in [1.54, 1.807) is 35.8 Å².